The molecule has 0 fully saturated rings. The summed E-state index contributed by atoms with van der Waals surface area (Å²) in [6.45, 7) is 8.37. The van der Waals surface area contributed by atoms with Gasteiger partial charge in [0.15, 0.2) is 0 Å². The van der Waals surface area contributed by atoms with Crippen LogP contribution in [0.5, 0.6) is 5.75 Å². The van der Waals surface area contributed by atoms with Crippen LogP contribution in [-0.4, -0.2) is 32.9 Å². The molecule has 162 valence electrons. The van der Waals surface area contributed by atoms with Gasteiger partial charge in [0.05, 0.1) is 18.5 Å². The van der Waals surface area contributed by atoms with Gasteiger partial charge in [0.1, 0.15) is 10.6 Å². The molecule has 0 unspecified atom stereocenters. The molecule has 0 aromatic heterocycles. The van der Waals surface area contributed by atoms with Crippen LogP contribution in [0.1, 0.15) is 43.6 Å². The summed E-state index contributed by atoms with van der Waals surface area (Å²) in [6, 6.07) is 9.36. The summed E-state index contributed by atoms with van der Waals surface area (Å²) in [6.07, 6.45) is 0. The smallest absolute Gasteiger partial charge is 0.255 e. The maximum absolute atomic E-state index is 12.8. The van der Waals surface area contributed by atoms with Crippen LogP contribution in [0.15, 0.2) is 41.3 Å². The minimum Gasteiger partial charge on any atom is -0.495 e. The van der Waals surface area contributed by atoms with Gasteiger partial charge in [0, 0.05) is 18.0 Å². The molecule has 2 aromatic rings. The van der Waals surface area contributed by atoms with E-state index < -0.39 is 21.5 Å². The molecule has 0 bridgehead atoms. The topological polar surface area (TPSA) is 114 Å². The number of carbonyl (C=O) groups excluding carboxylic acids is 2. The minimum atomic E-state index is -3.93. The Morgan fingerprint density at radius 3 is 2.20 bits per heavy atom. The van der Waals surface area contributed by atoms with Crippen LogP contribution < -0.4 is 20.1 Å². The lowest BCUT2D eigenvalue weighted by atomic mass is 10.1. The minimum absolute atomic E-state index is 0.123. The second-order valence-electron chi connectivity index (χ2n) is 7.91. The van der Waals surface area contributed by atoms with Crippen LogP contribution in [0.2, 0.25) is 0 Å². The van der Waals surface area contributed by atoms with E-state index in [0.29, 0.717) is 11.4 Å². The molecule has 0 atom stereocenters. The number of nitrogens with one attached hydrogen (secondary N) is 3. The van der Waals surface area contributed by atoms with E-state index in [2.05, 4.69) is 15.4 Å². The van der Waals surface area contributed by atoms with Crippen LogP contribution in [-0.2, 0) is 14.8 Å². The van der Waals surface area contributed by atoms with Gasteiger partial charge >= 0.3 is 0 Å². The highest BCUT2D eigenvalue weighted by Crippen LogP contribution is 2.28. The first-order valence-electron chi connectivity index (χ1n) is 9.24. The highest BCUT2D eigenvalue weighted by Gasteiger charge is 2.26. The van der Waals surface area contributed by atoms with E-state index in [1.807, 2.05) is 6.92 Å². The quantitative estimate of drug-likeness (QED) is 0.647. The average molecular weight is 434 g/mol. The fraction of sp³-hybridized carbons (Fsp3) is 0.333. The van der Waals surface area contributed by atoms with Gasteiger partial charge in [0.25, 0.3) is 5.91 Å². The first-order valence-corrected chi connectivity index (χ1v) is 10.7. The summed E-state index contributed by atoms with van der Waals surface area (Å²) in [7, 11) is -2.57. The number of rotatable bonds is 6. The third kappa shape index (κ3) is 6.04. The van der Waals surface area contributed by atoms with Crippen LogP contribution in [0, 0.1) is 6.92 Å². The van der Waals surface area contributed by atoms with Gasteiger partial charge in [-0.15, -0.1) is 0 Å². The van der Waals surface area contributed by atoms with Crippen molar-refractivity contribution >= 4 is 33.2 Å². The Morgan fingerprint density at radius 2 is 1.63 bits per heavy atom. The Kier molecular flexibility index (Phi) is 6.89. The molecule has 0 aliphatic rings. The number of benzene rings is 2. The molecule has 9 heteroatoms. The van der Waals surface area contributed by atoms with Crippen LogP contribution in [0.25, 0.3) is 0 Å². The molecule has 0 saturated heterocycles. The molecule has 0 aliphatic heterocycles. The summed E-state index contributed by atoms with van der Waals surface area (Å²) in [5, 5.41) is 5.39. The zero-order chi connectivity index (χ0) is 22.7. The Balaban J connectivity index is 2.43. The van der Waals surface area contributed by atoms with E-state index in [4.69, 9.17) is 4.74 Å². The molecule has 8 nitrogen and oxygen atoms in total. The molecule has 30 heavy (non-hydrogen) atoms. The number of aryl methyl sites for hydroxylation is 1. The monoisotopic (exact) mass is 433 g/mol. The predicted molar refractivity (Wildman–Crippen MR) is 117 cm³/mol. The molecule has 2 amide bonds. The molecule has 2 rings (SSSR count). The molecule has 0 aliphatic carbocycles. The van der Waals surface area contributed by atoms with Gasteiger partial charge < -0.3 is 15.4 Å². The molecule has 3 N–H and O–H groups in total. The highest BCUT2D eigenvalue weighted by molar-refractivity contribution is 7.89. The van der Waals surface area contributed by atoms with E-state index >= 15 is 0 Å². The van der Waals surface area contributed by atoms with Crippen molar-refractivity contribution in [3.8, 4) is 5.75 Å². The van der Waals surface area contributed by atoms with Crippen molar-refractivity contribution in [2.24, 2.45) is 0 Å². The number of methoxy groups -OCH3 is 1. The number of ether oxygens (including phenoxy) is 1. The summed E-state index contributed by atoms with van der Waals surface area (Å²) in [4.78, 5) is 24.1. The van der Waals surface area contributed by atoms with Gasteiger partial charge in [-0.05, 0) is 63.6 Å². The Labute approximate surface area is 177 Å². The summed E-state index contributed by atoms with van der Waals surface area (Å²) in [5.74, 6) is -0.680. The number of carbonyl (C=O) groups is 2. The standard InChI is InChI=1S/C21H27N3O5S/c1-13-7-9-16(22-14(2)25)17(11-13)23-20(26)15-8-10-18(29-6)19(12-15)30(27,28)24-21(3,4)5/h7-12,24H,1-6H3,(H,22,25)(H,23,26). The average Bonchev–Trinajstić information content (AvgIpc) is 2.61. The van der Waals surface area contributed by atoms with Crippen molar-refractivity contribution in [2.75, 3.05) is 17.7 Å². The third-order valence-electron chi connectivity index (χ3n) is 3.89. The van der Waals surface area contributed by atoms with Crippen molar-refractivity contribution in [3.63, 3.8) is 0 Å². The summed E-state index contributed by atoms with van der Waals surface area (Å²) >= 11 is 0. The molecular formula is C21H27N3O5S. The fourth-order valence-corrected chi connectivity index (χ4v) is 4.36. The largest absolute Gasteiger partial charge is 0.495 e. The number of hydrogen-bond donors (Lipinski definition) is 3. The van der Waals surface area contributed by atoms with Crippen molar-refractivity contribution in [1.82, 2.24) is 4.72 Å². The Hall–Kier alpha value is -2.91. The third-order valence-corrected chi connectivity index (χ3v) is 5.67. The number of amides is 2. The van der Waals surface area contributed by atoms with Crippen molar-refractivity contribution in [3.05, 3.63) is 47.5 Å². The number of anilines is 2. The summed E-state index contributed by atoms with van der Waals surface area (Å²) in [5.41, 5.74) is 1.14. The first-order chi connectivity index (χ1) is 13.8. The molecular weight excluding hydrogens is 406 g/mol. The van der Waals surface area contributed by atoms with Gasteiger partial charge in [-0.1, -0.05) is 6.07 Å². The lowest BCUT2D eigenvalue weighted by Gasteiger charge is -2.21. The zero-order valence-corrected chi connectivity index (χ0v) is 18.7. The van der Waals surface area contributed by atoms with E-state index in [1.165, 1.54) is 32.2 Å². The molecule has 0 spiro atoms. The highest BCUT2D eigenvalue weighted by atomic mass is 32.2. The number of sulfonamides is 1. The van der Waals surface area contributed by atoms with Gasteiger partial charge in [-0.2, -0.15) is 0 Å². The van der Waals surface area contributed by atoms with E-state index in [9.17, 15) is 18.0 Å². The zero-order valence-electron chi connectivity index (χ0n) is 17.9. The van der Waals surface area contributed by atoms with Gasteiger partial charge in [-0.25, -0.2) is 13.1 Å². The van der Waals surface area contributed by atoms with Crippen LogP contribution in [0.4, 0.5) is 11.4 Å². The molecule has 0 radical (unpaired) electrons. The lowest BCUT2D eigenvalue weighted by Crippen LogP contribution is -2.40. The fourth-order valence-electron chi connectivity index (χ4n) is 2.74. The summed E-state index contributed by atoms with van der Waals surface area (Å²) < 4.78 is 33.4. The van der Waals surface area contributed by atoms with E-state index in [-0.39, 0.29) is 22.1 Å². The van der Waals surface area contributed by atoms with Crippen LogP contribution >= 0.6 is 0 Å². The normalized spacial score (nSPS) is 11.7. The molecule has 2 aromatic carbocycles. The van der Waals surface area contributed by atoms with E-state index in [1.54, 1.807) is 39.0 Å². The SMILES string of the molecule is COc1ccc(C(=O)Nc2cc(C)ccc2NC(C)=O)cc1S(=O)(=O)NC(C)(C)C. The van der Waals surface area contributed by atoms with Crippen molar-refractivity contribution in [1.29, 1.82) is 0 Å². The number of hydrogen-bond acceptors (Lipinski definition) is 5. The molecule has 0 saturated carbocycles. The predicted octanol–water partition coefficient (Wildman–Crippen LogP) is 3.29. The molecule has 0 heterocycles. The second kappa shape index (κ2) is 8.85. The maximum Gasteiger partial charge on any atom is 0.255 e. The Morgan fingerprint density at radius 1 is 0.967 bits per heavy atom. The lowest BCUT2D eigenvalue weighted by molar-refractivity contribution is -0.114. The van der Waals surface area contributed by atoms with Gasteiger partial charge in [-0.3, -0.25) is 9.59 Å². The van der Waals surface area contributed by atoms with Crippen LogP contribution in [0.3, 0.4) is 0 Å². The van der Waals surface area contributed by atoms with Crippen molar-refractivity contribution < 1.29 is 22.7 Å². The second-order valence-corrected chi connectivity index (χ2v) is 9.56. The van der Waals surface area contributed by atoms with Gasteiger partial charge in [0.2, 0.25) is 15.9 Å². The first kappa shape index (κ1) is 23.4. The van der Waals surface area contributed by atoms with Crippen molar-refractivity contribution in [2.45, 2.75) is 45.1 Å². The Bertz CT molecular complexity index is 1070. The van der Waals surface area contributed by atoms with E-state index in [0.717, 1.165) is 5.56 Å². The maximum atomic E-state index is 12.8.